The standard InChI is InChI=1S/C26H22F2N2O3/c1-32-19-8-4-16(5-9-19)13-25(31)30-12-2-3-23(30)26-29-22-14-17(6-11-24(22)33-26)20-10-7-18(27)15-21(20)28/h4-11,14-15,23H,2-3,12-13H2,1H3/t23-/m1/s1. The average Bonchev–Trinajstić information content (AvgIpc) is 3.46. The minimum Gasteiger partial charge on any atom is -0.497 e. The van der Waals surface area contributed by atoms with E-state index in [0.29, 0.717) is 34.7 Å². The molecule has 1 aliphatic heterocycles. The number of hydrogen-bond acceptors (Lipinski definition) is 4. The van der Waals surface area contributed by atoms with Crippen LogP contribution >= 0.6 is 0 Å². The SMILES string of the molecule is COc1ccc(CC(=O)N2CCC[C@@H]2c2nc3cc(-c4ccc(F)cc4F)ccc3o2)cc1. The van der Waals surface area contributed by atoms with Gasteiger partial charge in [-0.2, -0.15) is 0 Å². The van der Waals surface area contributed by atoms with E-state index in [9.17, 15) is 13.6 Å². The van der Waals surface area contributed by atoms with Gasteiger partial charge in [0.05, 0.1) is 13.5 Å². The molecule has 0 radical (unpaired) electrons. The molecule has 0 aliphatic carbocycles. The molecule has 1 atom stereocenters. The lowest BCUT2D eigenvalue weighted by Gasteiger charge is -2.22. The Balaban J connectivity index is 1.38. The van der Waals surface area contributed by atoms with Crippen LogP contribution in [0.4, 0.5) is 8.78 Å². The maximum atomic E-state index is 14.2. The molecule has 1 saturated heterocycles. The molecular weight excluding hydrogens is 426 g/mol. The highest BCUT2D eigenvalue weighted by Gasteiger charge is 2.33. The number of carbonyl (C=O) groups is 1. The van der Waals surface area contributed by atoms with E-state index in [0.717, 1.165) is 30.2 Å². The number of oxazole rings is 1. The largest absolute Gasteiger partial charge is 0.497 e. The number of amides is 1. The fourth-order valence-electron chi connectivity index (χ4n) is 4.32. The molecule has 1 aromatic heterocycles. The van der Waals surface area contributed by atoms with Crippen LogP contribution in [-0.4, -0.2) is 29.4 Å². The Morgan fingerprint density at radius 2 is 1.94 bits per heavy atom. The van der Waals surface area contributed by atoms with Crippen molar-refractivity contribution in [3.8, 4) is 16.9 Å². The Hall–Kier alpha value is -3.74. The van der Waals surface area contributed by atoms with Crippen molar-refractivity contribution in [3.05, 3.63) is 83.8 Å². The van der Waals surface area contributed by atoms with Crippen LogP contribution in [0.2, 0.25) is 0 Å². The summed E-state index contributed by atoms with van der Waals surface area (Å²) in [6, 6.07) is 15.9. The maximum absolute atomic E-state index is 14.2. The highest BCUT2D eigenvalue weighted by molar-refractivity contribution is 5.81. The number of benzene rings is 3. The molecule has 7 heteroatoms. The Bertz CT molecular complexity index is 1320. The van der Waals surface area contributed by atoms with Crippen molar-refractivity contribution in [3.63, 3.8) is 0 Å². The third-order valence-corrected chi connectivity index (χ3v) is 6.02. The summed E-state index contributed by atoms with van der Waals surface area (Å²) < 4.78 is 38.6. The molecule has 1 fully saturated rings. The third kappa shape index (κ3) is 4.18. The van der Waals surface area contributed by atoms with Crippen molar-refractivity contribution < 1.29 is 22.7 Å². The van der Waals surface area contributed by atoms with Gasteiger partial charge in [0.1, 0.15) is 28.9 Å². The Labute approximate surface area is 189 Å². The average molecular weight is 448 g/mol. The van der Waals surface area contributed by atoms with E-state index in [1.165, 1.54) is 12.1 Å². The summed E-state index contributed by atoms with van der Waals surface area (Å²) in [5, 5.41) is 0. The first kappa shape index (κ1) is 21.1. The van der Waals surface area contributed by atoms with E-state index < -0.39 is 11.6 Å². The molecule has 5 rings (SSSR count). The predicted octanol–water partition coefficient (Wildman–Crippen LogP) is 5.69. The summed E-state index contributed by atoms with van der Waals surface area (Å²) in [5.74, 6) is -0.0243. The smallest absolute Gasteiger partial charge is 0.227 e. The highest BCUT2D eigenvalue weighted by atomic mass is 19.1. The van der Waals surface area contributed by atoms with Crippen LogP contribution in [0.25, 0.3) is 22.2 Å². The van der Waals surface area contributed by atoms with Crippen molar-refractivity contribution in [2.45, 2.75) is 25.3 Å². The zero-order valence-electron chi connectivity index (χ0n) is 18.1. The lowest BCUT2D eigenvalue weighted by molar-refractivity contribution is -0.131. The number of likely N-dealkylation sites (tertiary alicyclic amines) is 1. The number of fused-ring (bicyclic) bond motifs is 1. The first-order chi connectivity index (χ1) is 16.0. The maximum Gasteiger partial charge on any atom is 0.227 e. The van der Waals surface area contributed by atoms with E-state index in [1.54, 1.807) is 25.3 Å². The normalized spacial score (nSPS) is 15.8. The third-order valence-electron chi connectivity index (χ3n) is 6.02. The molecule has 1 amide bonds. The summed E-state index contributed by atoms with van der Waals surface area (Å²) in [5.41, 5.74) is 2.92. The lowest BCUT2D eigenvalue weighted by Crippen LogP contribution is -2.32. The van der Waals surface area contributed by atoms with Gasteiger partial charge in [0.25, 0.3) is 0 Å². The zero-order valence-corrected chi connectivity index (χ0v) is 18.1. The molecular formula is C26H22F2N2O3. The van der Waals surface area contributed by atoms with Crippen LogP contribution in [-0.2, 0) is 11.2 Å². The number of ether oxygens (including phenoxy) is 1. The van der Waals surface area contributed by atoms with Gasteiger partial charge in [0, 0.05) is 18.2 Å². The summed E-state index contributed by atoms with van der Waals surface area (Å²) in [4.78, 5) is 19.5. The Morgan fingerprint density at radius 1 is 1.12 bits per heavy atom. The molecule has 0 bridgehead atoms. The van der Waals surface area contributed by atoms with Crippen molar-refractivity contribution >= 4 is 17.0 Å². The monoisotopic (exact) mass is 448 g/mol. The van der Waals surface area contributed by atoms with Crippen molar-refractivity contribution in [1.29, 1.82) is 0 Å². The molecule has 0 saturated carbocycles. The van der Waals surface area contributed by atoms with Gasteiger partial charge in [-0.15, -0.1) is 0 Å². The summed E-state index contributed by atoms with van der Waals surface area (Å²) in [6.45, 7) is 0.643. The van der Waals surface area contributed by atoms with E-state index in [2.05, 4.69) is 4.98 Å². The van der Waals surface area contributed by atoms with Gasteiger partial charge in [-0.05, 0) is 60.4 Å². The number of hydrogen-bond donors (Lipinski definition) is 0. The summed E-state index contributed by atoms with van der Waals surface area (Å²) in [6.07, 6.45) is 1.92. The quantitative estimate of drug-likeness (QED) is 0.394. The van der Waals surface area contributed by atoms with E-state index in [1.807, 2.05) is 29.2 Å². The van der Waals surface area contributed by atoms with Gasteiger partial charge in [-0.25, -0.2) is 13.8 Å². The first-order valence-corrected chi connectivity index (χ1v) is 10.8. The molecule has 33 heavy (non-hydrogen) atoms. The van der Waals surface area contributed by atoms with Crippen LogP contribution in [0, 0.1) is 11.6 Å². The van der Waals surface area contributed by atoms with Crippen LogP contribution in [0.3, 0.4) is 0 Å². The van der Waals surface area contributed by atoms with Gasteiger partial charge >= 0.3 is 0 Å². The van der Waals surface area contributed by atoms with Crippen molar-refractivity contribution in [1.82, 2.24) is 9.88 Å². The minimum absolute atomic E-state index is 0.0130. The molecule has 1 aliphatic rings. The lowest BCUT2D eigenvalue weighted by atomic mass is 10.0. The number of methoxy groups -OCH3 is 1. The first-order valence-electron chi connectivity index (χ1n) is 10.8. The van der Waals surface area contributed by atoms with Crippen LogP contribution in [0.15, 0.2) is 65.1 Å². The Kier molecular flexibility index (Phi) is 5.54. The van der Waals surface area contributed by atoms with Crippen molar-refractivity contribution in [2.75, 3.05) is 13.7 Å². The zero-order chi connectivity index (χ0) is 22.9. The van der Waals surface area contributed by atoms with Gasteiger partial charge < -0.3 is 14.1 Å². The Morgan fingerprint density at radius 3 is 2.70 bits per heavy atom. The molecule has 4 aromatic rings. The van der Waals surface area contributed by atoms with Gasteiger partial charge in [0.15, 0.2) is 5.58 Å². The number of aromatic nitrogens is 1. The van der Waals surface area contributed by atoms with Gasteiger partial charge in [0.2, 0.25) is 11.8 Å². The second-order valence-corrected chi connectivity index (χ2v) is 8.13. The molecule has 168 valence electrons. The second kappa shape index (κ2) is 8.65. The molecule has 5 nitrogen and oxygen atoms in total. The molecule has 2 heterocycles. The number of nitrogens with zero attached hydrogens (tertiary/aromatic N) is 2. The van der Waals surface area contributed by atoms with Crippen LogP contribution in [0.5, 0.6) is 5.75 Å². The number of halogens is 2. The molecule has 0 unspecified atom stereocenters. The predicted molar refractivity (Wildman–Crippen MR) is 120 cm³/mol. The van der Waals surface area contributed by atoms with Crippen molar-refractivity contribution in [2.24, 2.45) is 0 Å². The van der Waals surface area contributed by atoms with E-state index in [4.69, 9.17) is 9.15 Å². The fourth-order valence-corrected chi connectivity index (χ4v) is 4.32. The molecule has 0 spiro atoms. The van der Waals surface area contributed by atoms with Gasteiger partial charge in [-0.3, -0.25) is 4.79 Å². The highest BCUT2D eigenvalue weighted by Crippen LogP contribution is 2.35. The fraction of sp³-hybridized carbons (Fsp3) is 0.231. The summed E-state index contributed by atoms with van der Waals surface area (Å²) in [7, 11) is 1.61. The van der Waals surface area contributed by atoms with Crippen LogP contribution in [0.1, 0.15) is 30.3 Å². The number of rotatable bonds is 5. The van der Waals surface area contributed by atoms with Gasteiger partial charge in [-0.1, -0.05) is 18.2 Å². The minimum atomic E-state index is -0.635. The van der Waals surface area contributed by atoms with E-state index in [-0.39, 0.29) is 18.4 Å². The molecule has 3 aromatic carbocycles. The summed E-state index contributed by atoms with van der Waals surface area (Å²) >= 11 is 0. The topological polar surface area (TPSA) is 55.6 Å². The number of carbonyl (C=O) groups excluding carboxylic acids is 1. The van der Waals surface area contributed by atoms with E-state index >= 15 is 0 Å². The second-order valence-electron chi connectivity index (χ2n) is 8.13. The molecule has 0 N–H and O–H groups in total. The van der Waals surface area contributed by atoms with Crippen LogP contribution < -0.4 is 4.74 Å².